The van der Waals surface area contributed by atoms with Gasteiger partial charge < -0.3 is 11.1 Å². The normalized spacial score (nSPS) is 10.1. The first-order chi connectivity index (χ1) is 8.58. The molecule has 3 N–H and O–H groups in total. The number of hydrogen-bond acceptors (Lipinski definition) is 2. The van der Waals surface area contributed by atoms with Crippen LogP contribution in [0.4, 0.5) is 11.4 Å². The van der Waals surface area contributed by atoms with Gasteiger partial charge >= 0.3 is 0 Å². The standard InChI is InChI=1S/C15H16N2O/c1-10-5-3-4-6-13(10)15(18)17-14-9-12(16)8-7-11(14)2/h3-9H,16H2,1-2H3,(H,17,18). The Hall–Kier alpha value is -2.29. The molecule has 1 amide bonds. The van der Waals surface area contributed by atoms with Gasteiger partial charge in [-0.25, -0.2) is 0 Å². The van der Waals surface area contributed by atoms with Gasteiger partial charge in [-0.15, -0.1) is 0 Å². The molecule has 2 rings (SSSR count). The summed E-state index contributed by atoms with van der Waals surface area (Å²) in [6, 6.07) is 13.0. The highest BCUT2D eigenvalue weighted by molar-refractivity contribution is 6.05. The fourth-order valence-electron chi connectivity index (χ4n) is 1.79. The van der Waals surface area contributed by atoms with Gasteiger partial charge in [-0.05, 0) is 43.2 Å². The average Bonchev–Trinajstić information content (AvgIpc) is 2.34. The van der Waals surface area contributed by atoms with E-state index in [1.54, 1.807) is 6.07 Å². The molecule has 0 fully saturated rings. The fourth-order valence-corrected chi connectivity index (χ4v) is 1.79. The second-order valence-corrected chi connectivity index (χ2v) is 4.34. The van der Waals surface area contributed by atoms with E-state index >= 15 is 0 Å². The van der Waals surface area contributed by atoms with Crippen molar-refractivity contribution in [3.05, 3.63) is 59.2 Å². The molecule has 18 heavy (non-hydrogen) atoms. The number of anilines is 2. The summed E-state index contributed by atoms with van der Waals surface area (Å²) in [6.45, 7) is 3.86. The third-order valence-corrected chi connectivity index (χ3v) is 2.90. The van der Waals surface area contributed by atoms with Crippen LogP contribution in [0.3, 0.4) is 0 Å². The van der Waals surface area contributed by atoms with E-state index in [2.05, 4.69) is 5.32 Å². The first-order valence-corrected chi connectivity index (χ1v) is 5.81. The smallest absolute Gasteiger partial charge is 0.255 e. The van der Waals surface area contributed by atoms with E-state index in [4.69, 9.17) is 5.73 Å². The largest absolute Gasteiger partial charge is 0.399 e. The summed E-state index contributed by atoms with van der Waals surface area (Å²) in [5, 5.41) is 2.89. The van der Waals surface area contributed by atoms with E-state index in [-0.39, 0.29) is 5.91 Å². The lowest BCUT2D eigenvalue weighted by Gasteiger charge is -2.10. The lowest BCUT2D eigenvalue weighted by molar-refractivity contribution is 0.102. The Balaban J connectivity index is 2.27. The van der Waals surface area contributed by atoms with Gasteiger partial charge in [0.1, 0.15) is 0 Å². The van der Waals surface area contributed by atoms with Gasteiger partial charge in [-0.3, -0.25) is 4.79 Å². The molecule has 2 aromatic carbocycles. The van der Waals surface area contributed by atoms with E-state index < -0.39 is 0 Å². The van der Waals surface area contributed by atoms with Gasteiger partial charge in [0.05, 0.1) is 0 Å². The number of nitrogens with one attached hydrogen (secondary N) is 1. The molecule has 3 nitrogen and oxygen atoms in total. The summed E-state index contributed by atoms with van der Waals surface area (Å²) < 4.78 is 0. The molecule has 2 aromatic rings. The maximum absolute atomic E-state index is 12.1. The lowest BCUT2D eigenvalue weighted by atomic mass is 10.1. The number of amides is 1. The molecule has 0 bridgehead atoms. The van der Waals surface area contributed by atoms with E-state index in [1.165, 1.54) is 0 Å². The number of carbonyl (C=O) groups is 1. The van der Waals surface area contributed by atoms with E-state index in [0.29, 0.717) is 11.3 Å². The van der Waals surface area contributed by atoms with Crippen LogP contribution in [0.1, 0.15) is 21.5 Å². The SMILES string of the molecule is Cc1ccc(N)cc1NC(=O)c1ccccc1C. The van der Waals surface area contributed by atoms with Crippen molar-refractivity contribution in [3.63, 3.8) is 0 Å². The van der Waals surface area contributed by atoms with Crippen LogP contribution in [-0.2, 0) is 0 Å². The number of nitrogens with two attached hydrogens (primary N) is 1. The van der Waals surface area contributed by atoms with E-state index in [1.807, 2.05) is 50.2 Å². The minimum absolute atomic E-state index is 0.109. The van der Waals surface area contributed by atoms with Gasteiger partial charge in [-0.1, -0.05) is 24.3 Å². The molecule has 0 atom stereocenters. The Labute approximate surface area is 107 Å². The average molecular weight is 240 g/mol. The number of nitrogen functional groups attached to an aromatic ring is 1. The predicted molar refractivity (Wildman–Crippen MR) is 74.7 cm³/mol. The highest BCUT2D eigenvalue weighted by Crippen LogP contribution is 2.19. The molecule has 0 unspecified atom stereocenters. The second kappa shape index (κ2) is 4.92. The predicted octanol–water partition coefficient (Wildman–Crippen LogP) is 3.14. The highest BCUT2D eigenvalue weighted by Gasteiger charge is 2.09. The van der Waals surface area contributed by atoms with Crippen LogP contribution in [0.5, 0.6) is 0 Å². The fraction of sp³-hybridized carbons (Fsp3) is 0.133. The van der Waals surface area contributed by atoms with Gasteiger partial charge in [0.15, 0.2) is 0 Å². The van der Waals surface area contributed by atoms with E-state index in [0.717, 1.165) is 16.8 Å². The van der Waals surface area contributed by atoms with Gasteiger partial charge in [0.2, 0.25) is 0 Å². The summed E-state index contributed by atoms with van der Waals surface area (Å²) in [5.41, 5.74) is 9.74. The zero-order chi connectivity index (χ0) is 13.1. The molecule has 92 valence electrons. The molecule has 0 aliphatic heterocycles. The van der Waals surface area contributed by atoms with Crippen molar-refractivity contribution in [2.24, 2.45) is 0 Å². The number of rotatable bonds is 2. The third kappa shape index (κ3) is 2.51. The molecular weight excluding hydrogens is 224 g/mol. The molecule has 3 heteroatoms. The Kier molecular flexibility index (Phi) is 3.33. The Morgan fingerprint density at radius 3 is 2.50 bits per heavy atom. The Bertz CT molecular complexity index is 591. The van der Waals surface area contributed by atoms with Gasteiger partial charge in [0, 0.05) is 16.9 Å². The van der Waals surface area contributed by atoms with Crippen molar-refractivity contribution in [1.82, 2.24) is 0 Å². The Morgan fingerprint density at radius 1 is 1.06 bits per heavy atom. The maximum atomic E-state index is 12.1. The monoisotopic (exact) mass is 240 g/mol. The summed E-state index contributed by atoms with van der Waals surface area (Å²) in [6.07, 6.45) is 0. The van der Waals surface area contributed by atoms with Gasteiger partial charge in [-0.2, -0.15) is 0 Å². The summed E-state index contributed by atoms with van der Waals surface area (Å²) in [5.74, 6) is -0.109. The van der Waals surface area contributed by atoms with E-state index in [9.17, 15) is 4.79 Å². The summed E-state index contributed by atoms with van der Waals surface area (Å²) >= 11 is 0. The highest BCUT2D eigenvalue weighted by atomic mass is 16.1. The van der Waals surface area contributed by atoms with Crippen LogP contribution >= 0.6 is 0 Å². The molecular formula is C15H16N2O. The minimum Gasteiger partial charge on any atom is -0.399 e. The first-order valence-electron chi connectivity index (χ1n) is 5.81. The zero-order valence-electron chi connectivity index (χ0n) is 10.5. The quantitative estimate of drug-likeness (QED) is 0.792. The van der Waals surface area contributed by atoms with Crippen LogP contribution in [0.25, 0.3) is 0 Å². The minimum atomic E-state index is -0.109. The summed E-state index contributed by atoms with van der Waals surface area (Å²) in [7, 11) is 0. The Morgan fingerprint density at radius 2 is 1.78 bits per heavy atom. The molecule has 0 aliphatic carbocycles. The molecule has 0 aliphatic rings. The molecule has 0 saturated carbocycles. The first kappa shape index (κ1) is 12.2. The van der Waals surface area contributed by atoms with Crippen LogP contribution in [-0.4, -0.2) is 5.91 Å². The van der Waals surface area contributed by atoms with Crippen molar-refractivity contribution in [3.8, 4) is 0 Å². The maximum Gasteiger partial charge on any atom is 0.255 e. The van der Waals surface area contributed by atoms with Crippen LogP contribution < -0.4 is 11.1 Å². The van der Waals surface area contributed by atoms with Crippen molar-refractivity contribution < 1.29 is 4.79 Å². The molecule has 0 spiro atoms. The zero-order valence-corrected chi connectivity index (χ0v) is 10.5. The van der Waals surface area contributed by atoms with Crippen molar-refractivity contribution >= 4 is 17.3 Å². The van der Waals surface area contributed by atoms with Crippen molar-refractivity contribution in [2.45, 2.75) is 13.8 Å². The molecule has 0 aromatic heterocycles. The summed E-state index contributed by atoms with van der Waals surface area (Å²) in [4.78, 5) is 12.1. The number of hydrogen-bond donors (Lipinski definition) is 2. The number of carbonyl (C=O) groups excluding carboxylic acids is 1. The van der Waals surface area contributed by atoms with Crippen molar-refractivity contribution in [2.75, 3.05) is 11.1 Å². The number of benzene rings is 2. The molecule has 0 radical (unpaired) electrons. The van der Waals surface area contributed by atoms with Crippen LogP contribution in [0.2, 0.25) is 0 Å². The molecule has 0 saturated heterocycles. The molecule has 0 heterocycles. The number of aryl methyl sites for hydroxylation is 2. The van der Waals surface area contributed by atoms with Gasteiger partial charge in [0.25, 0.3) is 5.91 Å². The van der Waals surface area contributed by atoms with Crippen molar-refractivity contribution in [1.29, 1.82) is 0 Å². The van der Waals surface area contributed by atoms with Crippen LogP contribution in [0, 0.1) is 13.8 Å². The lowest BCUT2D eigenvalue weighted by Crippen LogP contribution is -2.14. The third-order valence-electron chi connectivity index (χ3n) is 2.90. The van der Waals surface area contributed by atoms with Crippen LogP contribution in [0.15, 0.2) is 42.5 Å². The second-order valence-electron chi connectivity index (χ2n) is 4.34. The topological polar surface area (TPSA) is 55.1 Å².